The largest absolute Gasteiger partial charge is 0.478 e. The number of rotatable bonds is 18. The number of aromatic nitrogens is 2. The van der Waals surface area contributed by atoms with Gasteiger partial charge in [0.25, 0.3) is 5.91 Å². The van der Waals surface area contributed by atoms with Crippen LogP contribution in [0.3, 0.4) is 0 Å². The number of nitrogens with zero attached hydrogens (tertiary/aromatic N) is 3. The number of hydrogen-bond donors (Lipinski definition) is 2. The van der Waals surface area contributed by atoms with Crippen molar-refractivity contribution in [2.24, 2.45) is 0 Å². The van der Waals surface area contributed by atoms with Crippen LogP contribution in [0.5, 0.6) is 0 Å². The third kappa shape index (κ3) is 20.0. The maximum absolute atomic E-state index is 12.2. The molecule has 0 atom stereocenters. The molecule has 0 saturated carbocycles. The molecule has 2 N–H and O–H groups in total. The Morgan fingerprint density at radius 2 is 1.30 bits per heavy atom. The Hall–Kier alpha value is -4.59. The van der Waals surface area contributed by atoms with Crippen molar-refractivity contribution in [3.8, 4) is 0 Å². The Balaban J connectivity index is 0.000000869. The first-order valence-electron chi connectivity index (χ1n) is 14.8. The average Bonchev–Trinajstić information content (AvgIpc) is 3.03. The van der Waals surface area contributed by atoms with Gasteiger partial charge in [0.05, 0.1) is 11.1 Å². The van der Waals surface area contributed by atoms with E-state index in [-0.39, 0.29) is 17.4 Å². The van der Waals surface area contributed by atoms with E-state index >= 15 is 0 Å². The maximum atomic E-state index is 12.2. The summed E-state index contributed by atoms with van der Waals surface area (Å²) in [4.78, 5) is 43.6. The molecule has 8 heteroatoms. The third-order valence-corrected chi connectivity index (χ3v) is 5.91. The Morgan fingerprint density at radius 3 is 1.77 bits per heavy atom. The second-order valence-electron chi connectivity index (χ2n) is 9.46. The molecule has 8 nitrogen and oxygen atoms in total. The lowest BCUT2D eigenvalue weighted by molar-refractivity contribution is -0.129. The lowest BCUT2D eigenvalue weighted by atomic mass is 10.2. The highest BCUT2D eigenvalue weighted by Gasteiger charge is 2.09. The molecule has 0 aliphatic carbocycles. The van der Waals surface area contributed by atoms with E-state index in [1.165, 1.54) is 24.7 Å². The van der Waals surface area contributed by atoms with Crippen molar-refractivity contribution in [3.63, 3.8) is 0 Å². The molecule has 2 aromatic rings. The summed E-state index contributed by atoms with van der Waals surface area (Å²) in [5.74, 6) is -1.02. The van der Waals surface area contributed by atoms with Crippen LogP contribution < -0.4 is 5.32 Å². The molecule has 2 rings (SSSR count). The number of nitrogens with one attached hydrogen (secondary N) is 1. The quantitative estimate of drug-likeness (QED) is 0.144. The summed E-state index contributed by atoms with van der Waals surface area (Å²) < 4.78 is 0. The number of unbranched alkanes of at least 4 members (excludes halogenated alkanes) is 1. The molecule has 0 spiro atoms. The second-order valence-corrected chi connectivity index (χ2v) is 9.46. The molecule has 43 heavy (non-hydrogen) atoms. The van der Waals surface area contributed by atoms with Crippen LogP contribution in [-0.2, 0) is 4.79 Å². The van der Waals surface area contributed by atoms with Crippen LogP contribution in [0.2, 0.25) is 0 Å². The maximum Gasteiger partial charge on any atom is 0.337 e. The van der Waals surface area contributed by atoms with Gasteiger partial charge in [0.1, 0.15) is 0 Å². The minimum Gasteiger partial charge on any atom is -0.478 e. The highest BCUT2D eigenvalue weighted by molar-refractivity contribution is 5.93. The Morgan fingerprint density at radius 1 is 0.791 bits per heavy atom. The fourth-order valence-electron chi connectivity index (χ4n) is 3.48. The molecule has 0 unspecified atom stereocenters. The number of amides is 2. The zero-order valence-electron chi connectivity index (χ0n) is 25.5. The molecule has 0 bridgehead atoms. The van der Waals surface area contributed by atoms with E-state index in [1.807, 2.05) is 0 Å². The topological polar surface area (TPSA) is 112 Å². The minimum absolute atomic E-state index is 0.1000. The van der Waals surface area contributed by atoms with Gasteiger partial charge in [-0.05, 0) is 69.2 Å². The van der Waals surface area contributed by atoms with E-state index in [1.54, 1.807) is 36.3 Å². The lowest BCUT2D eigenvalue weighted by Gasteiger charge is -2.17. The van der Waals surface area contributed by atoms with Crippen LogP contribution in [0.15, 0.2) is 110 Å². The SMILES string of the molecule is CC/C=C\C/C=C\C/C=C\C/C=C\C/C=C\CCCC(=O)N(C)CCNC(=O)c1cccnc1.O=C(O)c1cccnc1. The zero-order valence-corrected chi connectivity index (χ0v) is 25.5. The number of carboxylic acids is 1. The number of hydrogen-bond acceptors (Lipinski definition) is 5. The van der Waals surface area contributed by atoms with Gasteiger partial charge in [0, 0.05) is 51.3 Å². The van der Waals surface area contributed by atoms with Crippen LogP contribution in [0.1, 0.15) is 79.0 Å². The molecule has 0 radical (unpaired) electrons. The van der Waals surface area contributed by atoms with Crippen molar-refractivity contribution in [2.75, 3.05) is 20.1 Å². The van der Waals surface area contributed by atoms with Crippen LogP contribution in [0, 0.1) is 0 Å². The molecule has 0 aromatic carbocycles. The van der Waals surface area contributed by atoms with Crippen molar-refractivity contribution in [2.45, 2.75) is 58.3 Å². The van der Waals surface area contributed by atoms with E-state index < -0.39 is 5.97 Å². The van der Waals surface area contributed by atoms with E-state index in [4.69, 9.17) is 5.11 Å². The smallest absolute Gasteiger partial charge is 0.337 e. The summed E-state index contributed by atoms with van der Waals surface area (Å²) in [6.07, 6.45) is 35.0. The highest BCUT2D eigenvalue weighted by atomic mass is 16.4. The fraction of sp³-hybridized carbons (Fsp3) is 0.343. The molecule has 0 fully saturated rings. The van der Waals surface area contributed by atoms with Gasteiger partial charge < -0.3 is 15.3 Å². The number of carbonyl (C=O) groups excluding carboxylic acids is 2. The summed E-state index contributed by atoms with van der Waals surface area (Å²) in [5, 5.41) is 11.2. The summed E-state index contributed by atoms with van der Waals surface area (Å²) >= 11 is 0. The number of aromatic carboxylic acids is 1. The fourth-order valence-corrected chi connectivity index (χ4v) is 3.48. The second kappa shape index (κ2) is 25.1. The molecule has 230 valence electrons. The summed E-state index contributed by atoms with van der Waals surface area (Å²) in [6, 6.07) is 6.52. The third-order valence-electron chi connectivity index (χ3n) is 5.91. The lowest BCUT2D eigenvalue weighted by Crippen LogP contribution is -2.36. The van der Waals surface area contributed by atoms with Crippen molar-refractivity contribution in [1.29, 1.82) is 0 Å². The summed E-state index contributed by atoms with van der Waals surface area (Å²) in [6.45, 7) is 3.06. The van der Waals surface area contributed by atoms with Crippen LogP contribution in [0.4, 0.5) is 0 Å². The Labute approximate surface area is 256 Å². The molecule has 0 saturated heterocycles. The van der Waals surface area contributed by atoms with Gasteiger partial charge in [0.15, 0.2) is 0 Å². The molecular weight excluding hydrogens is 540 g/mol. The Kier molecular flexibility index (Phi) is 21.3. The van der Waals surface area contributed by atoms with Gasteiger partial charge in [-0.3, -0.25) is 19.6 Å². The average molecular weight is 587 g/mol. The van der Waals surface area contributed by atoms with Crippen molar-refractivity contribution >= 4 is 17.8 Å². The van der Waals surface area contributed by atoms with Crippen molar-refractivity contribution in [3.05, 3.63) is 121 Å². The zero-order chi connectivity index (χ0) is 31.4. The van der Waals surface area contributed by atoms with E-state index in [2.05, 4.69) is 83.0 Å². The van der Waals surface area contributed by atoms with Crippen LogP contribution >= 0.6 is 0 Å². The van der Waals surface area contributed by atoms with Gasteiger partial charge in [-0.25, -0.2) is 4.79 Å². The van der Waals surface area contributed by atoms with Gasteiger partial charge in [0.2, 0.25) is 5.91 Å². The number of likely N-dealkylation sites (N-methyl/N-ethyl adjacent to an activating group) is 1. The molecule has 2 aromatic heterocycles. The highest BCUT2D eigenvalue weighted by Crippen LogP contribution is 2.02. The first-order chi connectivity index (χ1) is 21.0. The summed E-state index contributed by atoms with van der Waals surface area (Å²) in [7, 11) is 1.77. The van der Waals surface area contributed by atoms with Crippen LogP contribution in [-0.4, -0.2) is 57.9 Å². The summed E-state index contributed by atoms with van der Waals surface area (Å²) in [5.41, 5.74) is 0.742. The van der Waals surface area contributed by atoms with Gasteiger partial charge in [-0.2, -0.15) is 0 Å². The van der Waals surface area contributed by atoms with E-state index in [0.29, 0.717) is 25.1 Å². The Bertz CT molecular complexity index is 1190. The number of allylic oxidation sites excluding steroid dienone is 10. The first kappa shape index (κ1) is 36.4. The molecule has 0 aliphatic heterocycles. The van der Waals surface area contributed by atoms with Gasteiger partial charge in [-0.1, -0.05) is 67.7 Å². The normalized spacial score (nSPS) is 11.4. The van der Waals surface area contributed by atoms with Crippen molar-refractivity contribution in [1.82, 2.24) is 20.2 Å². The standard InChI is InChI=1S/C29H41N3O2.C6H5NO2/c1-3-4-5-6-7-8-9-10-11-12-13-14-15-16-17-18-19-22-28(33)32(2)25-24-31-29(34)27-21-20-23-30-26-27;8-6(9)5-2-1-3-7-4-5/h4-5,7-8,10-11,13-14,16-17,20-21,23,26H,3,6,9,12,15,18-19,22,24-25H2,1-2H3,(H,31,34);1-4H,(H,8,9)/b5-4-,8-7-,11-10-,14-13-,17-16-;. The van der Waals surface area contributed by atoms with Gasteiger partial charge in [-0.15, -0.1) is 0 Å². The molecular formula is C35H46N4O4. The molecule has 0 aliphatic rings. The predicted molar refractivity (Wildman–Crippen MR) is 174 cm³/mol. The molecule has 2 heterocycles. The van der Waals surface area contributed by atoms with E-state index in [9.17, 15) is 14.4 Å². The predicted octanol–water partition coefficient (Wildman–Crippen LogP) is 6.97. The van der Waals surface area contributed by atoms with E-state index in [0.717, 1.165) is 44.9 Å². The first-order valence-corrected chi connectivity index (χ1v) is 14.8. The molecule has 2 amide bonds. The van der Waals surface area contributed by atoms with Crippen molar-refractivity contribution < 1.29 is 19.5 Å². The number of carboxylic acid groups (broad SMARTS) is 1. The van der Waals surface area contributed by atoms with Gasteiger partial charge >= 0.3 is 5.97 Å². The number of carbonyl (C=O) groups is 3. The monoisotopic (exact) mass is 586 g/mol. The minimum atomic E-state index is -0.942. The van der Waals surface area contributed by atoms with Crippen LogP contribution in [0.25, 0.3) is 0 Å². The number of pyridine rings is 2.